The standard InChI is InChI=1S/C14H22N4S/c1-5-6-18-9-15-7-12(18)13(16-10(2)3)14-17-11(4)8-19-14/h7-10,13,16H,5-6H2,1-4H3. The van der Waals surface area contributed by atoms with Crippen LogP contribution in [0.25, 0.3) is 0 Å². The van der Waals surface area contributed by atoms with E-state index in [2.05, 4.69) is 46.0 Å². The predicted octanol–water partition coefficient (Wildman–Crippen LogP) is 3.15. The van der Waals surface area contributed by atoms with E-state index in [9.17, 15) is 0 Å². The number of hydrogen-bond acceptors (Lipinski definition) is 4. The van der Waals surface area contributed by atoms with Gasteiger partial charge in [0.2, 0.25) is 0 Å². The Hall–Kier alpha value is -1.20. The van der Waals surface area contributed by atoms with Crippen LogP contribution in [-0.4, -0.2) is 20.6 Å². The topological polar surface area (TPSA) is 42.7 Å². The van der Waals surface area contributed by atoms with Crippen molar-refractivity contribution in [3.63, 3.8) is 0 Å². The van der Waals surface area contributed by atoms with Crippen molar-refractivity contribution >= 4 is 11.3 Å². The molecule has 0 bridgehead atoms. The number of hydrogen-bond donors (Lipinski definition) is 1. The SMILES string of the molecule is CCCn1cncc1C(NC(C)C)c1nc(C)cs1. The molecule has 5 heteroatoms. The Kier molecular flexibility index (Phi) is 4.71. The molecule has 0 aliphatic rings. The molecule has 0 spiro atoms. The van der Waals surface area contributed by atoms with E-state index in [4.69, 9.17) is 0 Å². The summed E-state index contributed by atoms with van der Waals surface area (Å²) >= 11 is 1.71. The highest BCUT2D eigenvalue weighted by molar-refractivity contribution is 7.09. The monoisotopic (exact) mass is 278 g/mol. The minimum absolute atomic E-state index is 0.132. The van der Waals surface area contributed by atoms with Crippen LogP contribution < -0.4 is 5.32 Å². The molecule has 104 valence electrons. The molecule has 0 aromatic carbocycles. The molecule has 0 saturated heterocycles. The van der Waals surface area contributed by atoms with Crippen LogP contribution in [0.3, 0.4) is 0 Å². The second kappa shape index (κ2) is 6.30. The lowest BCUT2D eigenvalue weighted by atomic mass is 10.2. The molecular weight excluding hydrogens is 256 g/mol. The van der Waals surface area contributed by atoms with Gasteiger partial charge in [-0.15, -0.1) is 11.3 Å². The zero-order chi connectivity index (χ0) is 13.8. The largest absolute Gasteiger partial charge is 0.333 e. The Labute approximate surface area is 118 Å². The molecule has 0 aliphatic heterocycles. The van der Waals surface area contributed by atoms with Crippen molar-refractivity contribution in [3.05, 3.63) is 34.3 Å². The fourth-order valence-electron chi connectivity index (χ4n) is 2.12. The quantitative estimate of drug-likeness (QED) is 0.882. The predicted molar refractivity (Wildman–Crippen MR) is 79.5 cm³/mol. The number of aryl methyl sites for hydroxylation is 2. The summed E-state index contributed by atoms with van der Waals surface area (Å²) in [7, 11) is 0. The molecule has 0 fully saturated rings. The first-order chi connectivity index (χ1) is 9.11. The molecule has 1 unspecified atom stereocenters. The summed E-state index contributed by atoms with van der Waals surface area (Å²) < 4.78 is 2.22. The Morgan fingerprint density at radius 2 is 2.21 bits per heavy atom. The third-order valence-corrected chi connectivity index (χ3v) is 3.92. The maximum absolute atomic E-state index is 4.64. The maximum atomic E-state index is 4.64. The van der Waals surface area contributed by atoms with Crippen LogP contribution in [0.1, 0.15) is 49.6 Å². The number of nitrogens with zero attached hydrogens (tertiary/aromatic N) is 3. The van der Waals surface area contributed by atoms with Gasteiger partial charge in [0.15, 0.2) is 0 Å². The van der Waals surface area contributed by atoms with E-state index < -0.39 is 0 Å². The number of rotatable bonds is 6. The lowest BCUT2D eigenvalue weighted by Gasteiger charge is -2.20. The highest BCUT2D eigenvalue weighted by atomic mass is 32.1. The first-order valence-corrected chi connectivity index (χ1v) is 7.67. The average Bonchev–Trinajstić information content (AvgIpc) is 2.96. The van der Waals surface area contributed by atoms with Crippen molar-refractivity contribution in [2.75, 3.05) is 0 Å². The molecule has 2 aromatic heterocycles. The highest BCUT2D eigenvalue weighted by Gasteiger charge is 2.21. The minimum atomic E-state index is 0.132. The molecule has 0 saturated carbocycles. The fraction of sp³-hybridized carbons (Fsp3) is 0.571. The number of nitrogens with one attached hydrogen (secondary N) is 1. The van der Waals surface area contributed by atoms with Gasteiger partial charge in [-0.2, -0.15) is 0 Å². The third kappa shape index (κ3) is 3.42. The van der Waals surface area contributed by atoms with Gasteiger partial charge in [-0.3, -0.25) is 0 Å². The van der Waals surface area contributed by atoms with Gasteiger partial charge in [0, 0.05) is 23.7 Å². The molecule has 19 heavy (non-hydrogen) atoms. The minimum Gasteiger partial charge on any atom is -0.333 e. The van der Waals surface area contributed by atoms with E-state index in [1.54, 1.807) is 11.3 Å². The zero-order valence-electron chi connectivity index (χ0n) is 12.1. The molecule has 1 N–H and O–H groups in total. The van der Waals surface area contributed by atoms with E-state index in [0.29, 0.717) is 6.04 Å². The smallest absolute Gasteiger partial charge is 0.116 e. The molecule has 0 radical (unpaired) electrons. The van der Waals surface area contributed by atoms with Crippen LogP contribution in [0.15, 0.2) is 17.9 Å². The van der Waals surface area contributed by atoms with Gasteiger partial charge in [0.05, 0.1) is 18.2 Å². The van der Waals surface area contributed by atoms with Gasteiger partial charge in [0.1, 0.15) is 11.0 Å². The van der Waals surface area contributed by atoms with E-state index in [1.165, 1.54) is 5.69 Å². The van der Waals surface area contributed by atoms with Gasteiger partial charge in [-0.1, -0.05) is 6.92 Å². The Morgan fingerprint density at radius 1 is 1.42 bits per heavy atom. The van der Waals surface area contributed by atoms with E-state index in [-0.39, 0.29) is 6.04 Å². The second-order valence-electron chi connectivity index (χ2n) is 5.09. The maximum Gasteiger partial charge on any atom is 0.116 e. The van der Waals surface area contributed by atoms with Crippen molar-refractivity contribution in [2.45, 2.75) is 52.7 Å². The molecule has 2 heterocycles. The molecule has 4 nitrogen and oxygen atoms in total. The summed E-state index contributed by atoms with van der Waals surface area (Å²) in [6.45, 7) is 9.54. The first-order valence-electron chi connectivity index (χ1n) is 6.80. The molecule has 0 aliphatic carbocycles. The average molecular weight is 278 g/mol. The van der Waals surface area contributed by atoms with Gasteiger partial charge in [-0.25, -0.2) is 9.97 Å². The number of imidazole rings is 1. The van der Waals surface area contributed by atoms with Crippen LogP contribution in [0.2, 0.25) is 0 Å². The lowest BCUT2D eigenvalue weighted by Crippen LogP contribution is -2.30. The Bertz CT molecular complexity index is 515. The summed E-state index contributed by atoms with van der Waals surface area (Å²) in [5, 5.41) is 6.81. The fourth-order valence-corrected chi connectivity index (χ4v) is 2.99. The summed E-state index contributed by atoms with van der Waals surface area (Å²) in [6.07, 6.45) is 4.97. The first kappa shape index (κ1) is 14.2. The van der Waals surface area contributed by atoms with Crippen molar-refractivity contribution in [3.8, 4) is 0 Å². The van der Waals surface area contributed by atoms with Crippen LogP contribution in [0.4, 0.5) is 0 Å². The summed E-state index contributed by atoms with van der Waals surface area (Å²) in [5.41, 5.74) is 2.28. The third-order valence-electron chi connectivity index (χ3n) is 2.89. The Morgan fingerprint density at radius 3 is 2.79 bits per heavy atom. The second-order valence-corrected chi connectivity index (χ2v) is 5.98. The molecular formula is C14H22N4S. The molecule has 2 aromatic rings. The van der Waals surface area contributed by atoms with Gasteiger partial charge in [-0.05, 0) is 27.2 Å². The van der Waals surface area contributed by atoms with Crippen molar-refractivity contribution in [1.29, 1.82) is 0 Å². The summed E-state index contributed by atoms with van der Waals surface area (Å²) in [5.74, 6) is 0. The van der Waals surface area contributed by atoms with Gasteiger partial charge in [0.25, 0.3) is 0 Å². The summed E-state index contributed by atoms with van der Waals surface area (Å²) in [4.78, 5) is 8.94. The molecule has 2 rings (SSSR count). The Balaban J connectivity index is 2.34. The van der Waals surface area contributed by atoms with Crippen molar-refractivity contribution < 1.29 is 0 Å². The number of aromatic nitrogens is 3. The highest BCUT2D eigenvalue weighted by Crippen LogP contribution is 2.25. The van der Waals surface area contributed by atoms with E-state index in [1.807, 2.05) is 19.4 Å². The van der Waals surface area contributed by atoms with Crippen LogP contribution in [-0.2, 0) is 6.54 Å². The van der Waals surface area contributed by atoms with Gasteiger partial charge >= 0.3 is 0 Å². The molecule has 0 amide bonds. The van der Waals surface area contributed by atoms with Crippen molar-refractivity contribution in [1.82, 2.24) is 19.9 Å². The summed E-state index contributed by atoms with van der Waals surface area (Å²) in [6, 6.07) is 0.534. The van der Waals surface area contributed by atoms with Crippen LogP contribution in [0.5, 0.6) is 0 Å². The zero-order valence-corrected chi connectivity index (χ0v) is 12.9. The van der Waals surface area contributed by atoms with E-state index >= 15 is 0 Å². The van der Waals surface area contributed by atoms with Gasteiger partial charge < -0.3 is 9.88 Å². The van der Waals surface area contributed by atoms with Crippen LogP contribution >= 0.6 is 11.3 Å². The van der Waals surface area contributed by atoms with Crippen LogP contribution in [0, 0.1) is 6.92 Å². The molecule has 1 atom stereocenters. The number of thiazole rings is 1. The normalized spacial score (nSPS) is 13.1. The lowest BCUT2D eigenvalue weighted by molar-refractivity contribution is 0.494. The van der Waals surface area contributed by atoms with E-state index in [0.717, 1.165) is 23.7 Å². The van der Waals surface area contributed by atoms with Crippen molar-refractivity contribution in [2.24, 2.45) is 0 Å².